The number of anilines is 1. The number of nitrogens with one attached hydrogen (secondary N) is 1. The molecule has 1 amide bonds. The summed E-state index contributed by atoms with van der Waals surface area (Å²) in [5.74, 6) is 2.70. The maximum absolute atomic E-state index is 12.4. The quantitative estimate of drug-likeness (QED) is 0.648. The molecule has 31 heavy (non-hydrogen) atoms. The van der Waals surface area contributed by atoms with E-state index in [1.54, 1.807) is 0 Å². The van der Waals surface area contributed by atoms with Crippen LogP contribution >= 0.6 is 0 Å². The first kappa shape index (κ1) is 21.3. The standard InChI is InChI=1S/C24H31N5O2/c1-15-11-16(2)14-29(13-15)23-22-18(4)28-31-24(22)27-20(26-23)9-10-21(30)25-12-19-8-6-5-7-17(19)3/h5-8,15-16H,9-14H2,1-4H3,(H,25,30)/t15-,16-/m1/s1. The Morgan fingerprint density at radius 2 is 1.90 bits per heavy atom. The zero-order valence-electron chi connectivity index (χ0n) is 18.8. The molecule has 164 valence electrons. The number of benzene rings is 1. The number of hydrogen-bond acceptors (Lipinski definition) is 6. The number of nitrogens with zero attached hydrogens (tertiary/aromatic N) is 4. The molecule has 1 aliphatic rings. The van der Waals surface area contributed by atoms with Gasteiger partial charge in [-0.1, -0.05) is 43.3 Å². The van der Waals surface area contributed by atoms with Gasteiger partial charge < -0.3 is 14.7 Å². The van der Waals surface area contributed by atoms with Gasteiger partial charge >= 0.3 is 0 Å². The third kappa shape index (κ3) is 4.86. The summed E-state index contributed by atoms with van der Waals surface area (Å²) in [4.78, 5) is 24.2. The van der Waals surface area contributed by atoms with Crippen molar-refractivity contribution in [1.29, 1.82) is 0 Å². The first-order valence-corrected chi connectivity index (χ1v) is 11.1. The molecule has 0 bridgehead atoms. The Balaban J connectivity index is 1.48. The second kappa shape index (κ2) is 9.04. The Morgan fingerprint density at radius 3 is 2.65 bits per heavy atom. The van der Waals surface area contributed by atoms with Crippen LogP contribution in [0.5, 0.6) is 0 Å². The summed E-state index contributed by atoms with van der Waals surface area (Å²) in [6.45, 7) is 11.0. The van der Waals surface area contributed by atoms with Crippen LogP contribution in [0.4, 0.5) is 5.82 Å². The van der Waals surface area contributed by atoms with Gasteiger partial charge in [-0.25, -0.2) is 4.98 Å². The fourth-order valence-electron chi connectivity index (χ4n) is 4.50. The van der Waals surface area contributed by atoms with E-state index in [1.807, 2.05) is 38.1 Å². The lowest BCUT2D eigenvalue weighted by Crippen LogP contribution is -2.39. The van der Waals surface area contributed by atoms with Crippen LogP contribution in [0, 0.1) is 25.7 Å². The Morgan fingerprint density at radius 1 is 1.16 bits per heavy atom. The van der Waals surface area contributed by atoms with E-state index in [9.17, 15) is 4.79 Å². The van der Waals surface area contributed by atoms with Gasteiger partial charge in [-0.3, -0.25) is 4.79 Å². The van der Waals surface area contributed by atoms with Gasteiger partial charge in [-0.2, -0.15) is 4.98 Å². The van der Waals surface area contributed by atoms with Crippen molar-refractivity contribution in [2.75, 3.05) is 18.0 Å². The number of fused-ring (bicyclic) bond motifs is 1. The number of carbonyl (C=O) groups is 1. The number of rotatable bonds is 6. The molecular formula is C24H31N5O2. The van der Waals surface area contributed by atoms with Crippen molar-refractivity contribution < 1.29 is 9.32 Å². The van der Waals surface area contributed by atoms with Gasteiger partial charge in [0.2, 0.25) is 5.91 Å². The van der Waals surface area contributed by atoms with Crippen molar-refractivity contribution in [3.63, 3.8) is 0 Å². The minimum atomic E-state index is -0.0116. The summed E-state index contributed by atoms with van der Waals surface area (Å²) >= 11 is 0. The van der Waals surface area contributed by atoms with Gasteiger partial charge in [0.1, 0.15) is 17.0 Å². The first-order chi connectivity index (χ1) is 14.9. The van der Waals surface area contributed by atoms with Crippen molar-refractivity contribution in [1.82, 2.24) is 20.4 Å². The number of amides is 1. The molecule has 1 fully saturated rings. The molecule has 1 aromatic carbocycles. The van der Waals surface area contributed by atoms with Crippen LogP contribution in [0.15, 0.2) is 28.8 Å². The smallest absolute Gasteiger partial charge is 0.263 e. The summed E-state index contributed by atoms with van der Waals surface area (Å²) in [5.41, 5.74) is 3.61. The minimum absolute atomic E-state index is 0.0116. The number of aryl methyl sites for hydroxylation is 3. The highest BCUT2D eigenvalue weighted by Gasteiger charge is 2.27. The fourth-order valence-corrected chi connectivity index (χ4v) is 4.50. The largest absolute Gasteiger partial charge is 0.355 e. The lowest BCUT2D eigenvalue weighted by atomic mass is 9.92. The normalized spacial score (nSPS) is 19.0. The van der Waals surface area contributed by atoms with Crippen LogP contribution in [0.3, 0.4) is 0 Å². The molecule has 2 aromatic heterocycles. The molecule has 2 atom stereocenters. The van der Waals surface area contributed by atoms with Gasteiger partial charge in [-0.05, 0) is 43.2 Å². The monoisotopic (exact) mass is 421 g/mol. The van der Waals surface area contributed by atoms with E-state index in [0.29, 0.717) is 42.8 Å². The van der Waals surface area contributed by atoms with Gasteiger partial charge in [-0.15, -0.1) is 0 Å². The molecule has 1 saturated heterocycles. The molecular weight excluding hydrogens is 390 g/mol. The van der Waals surface area contributed by atoms with E-state index in [4.69, 9.17) is 9.51 Å². The molecule has 0 spiro atoms. The van der Waals surface area contributed by atoms with Crippen LogP contribution in [0.25, 0.3) is 11.1 Å². The van der Waals surface area contributed by atoms with E-state index >= 15 is 0 Å². The second-order valence-corrected chi connectivity index (χ2v) is 8.97. The van der Waals surface area contributed by atoms with E-state index in [0.717, 1.165) is 35.6 Å². The van der Waals surface area contributed by atoms with E-state index in [-0.39, 0.29) is 5.91 Å². The third-order valence-electron chi connectivity index (χ3n) is 6.02. The molecule has 4 rings (SSSR count). The number of aromatic nitrogens is 3. The SMILES string of the molecule is Cc1ccccc1CNC(=O)CCc1nc(N2C[C@H](C)C[C@@H](C)C2)c2c(C)noc2n1. The molecule has 1 N–H and O–H groups in total. The highest BCUT2D eigenvalue weighted by atomic mass is 16.5. The summed E-state index contributed by atoms with van der Waals surface area (Å²) in [6.07, 6.45) is 2.01. The van der Waals surface area contributed by atoms with Crippen molar-refractivity contribution in [2.45, 2.75) is 53.5 Å². The average molecular weight is 422 g/mol. The molecule has 3 aromatic rings. The van der Waals surface area contributed by atoms with Crippen molar-refractivity contribution >= 4 is 22.8 Å². The highest BCUT2D eigenvalue weighted by Crippen LogP contribution is 2.31. The molecule has 0 aliphatic carbocycles. The summed E-state index contributed by atoms with van der Waals surface area (Å²) in [7, 11) is 0. The Kier molecular flexibility index (Phi) is 6.20. The summed E-state index contributed by atoms with van der Waals surface area (Å²) in [5, 5.41) is 8.00. The predicted octanol–water partition coefficient (Wildman–Crippen LogP) is 3.97. The van der Waals surface area contributed by atoms with Crippen molar-refractivity contribution in [3.8, 4) is 0 Å². The molecule has 0 unspecified atom stereocenters. The number of hydrogen-bond donors (Lipinski definition) is 1. The second-order valence-electron chi connectivity index (χ2n) is 8.97. The van der Waals surface area contributed by atoms with Crippen LogP contribution in [-0.2, 0) is 17.8 Å². The molecule has 0 saturated carbocycles. The number of carbonyl (C=O) groups excluding carboxylic acids is 1. The zero-order chi connectivity index (χ0) is 22.0. The van der Waals surface area contributed by atoms with Crippen molar-refractivity contribution in [2.24, 2.45) is 11.8 Å². The van der Waals surface area contributed by atoms with Gasteiger partial charge in [0, 0.05) is 32.5 Å². The maximum atomic E-state index is 12.4. The van der Waals surface area contributed by atoms with Crippen LogP contribution in [0.2, 0.25) is 0 Å². The van der Waals surface area contributed by atoms with Crippen LogP contribution in [0.1, 0.15) is 49.3 Å². The van der Waals surface area contributed by atoms with Crippen LogP contribution in [-0.4, -0.2) is 34.1 Å². The maximum Gasteiger partial charge on any atom is 0.263 e. The number of piperidine rings is 1. The molecule has 0 radical (unpaired) electrons. The van der Waals surface area contributed by atoms with Gasteiger partial charge in [0.15, 0.2) is 0 Å². The lowest BCUT2D eigenvalue weighted by molar-refractivity contribution is -0.121. The van der Waals surface area contributed by atoms with E-state index in [2.05, 4.69) is 34.2 Å². The Bertz CT molecular complexity index is 1070. The molecule has 7 nitrogen and oxygen atoms in total. The summed E-state index contributed by atoms with van der Waals surface area (Å²) in [6, 6.07) is 8.07. The van der Waals surface area contributed by atoms with E-state index in [1.165, 1.54) is 12.0 Å². The molecule has 7 heteroatoms. The topological polar surface area (TPSA) is 84.2 Å². The fraction of sp³-hybridized carbons (Fsp3) is 0.500. The predicted molar refractivity (Wildman–Crippen MR) is 121 cm³/mol. The lowest BCUT2D eigenvalue weighted by Gasteiger charge is -2.36. The Hall–Kier alpha value is -2.96. The molecule has 3 heterocycles. The highest BCUT2D eigenvalue weighted by molar-refractivity contribution is 5.88. The van der Waals surface area contributed by atoms with Gasteiger partial charge in [0.25, 0.3) is 5.71 Å². The Labute approximate surface area is 183 Å². The van der Waals surface area contributed by atoms with Crippen LogP contribution < -0.4 is 10.2 Å². The third-order valence-corrected chi connectivity index (χ3v) is 6.02. The van der Waals surface area contributed by atoms with Crippen molar-refractivity contribution in [3.05, 3.63) is 46.9 Å². The molecule has 1 aliphatic heterocycles. The minimum Gasteiger partial charge on any atom is -0.355 e. The average Bonchev–Trinajstić information content (AvgIpc) is 3.11. The zero-order valence-corrected chi connectivity index (χ0v) is 18.8. The van der Waals surface area contributed by atoms with Gasteiger partial charge in [0.05, 0.1) is 5.69 Å². The summed E-state index contributed by atoms with van der Waals surface area (Å²) < 4.78 is 5.47. The van der Waals surface area contributed by atoms with E-state index < -0.39 is 0 Å². The first-order valence-electron chi connectivity index (χ1n) is 11.1.